The van der Waals surface area contributed by atoms with Crippen LogP contribution >= 0.6 is 0 Å². The van der Waals surface area contributed by atoms with Crippen molar-refractivity contribution < 1.29 is 4.79 Å². The summed E-state index contributed by atoms with van der Waals surface area (Å²) in [4.78, 5) is 11.5. The predicted octanol–water partition coefficient (Wildman–Crippen LogP) is 0.804. The molecule has 3 unspecified atom stereocenters. The first-order valence-electron chi connectivity index (χ1n) is 4.82. The van der Waals surface area contributed by atoms with Crippen LogP contribution in [0.25, 0.3) is 0 Å². The van der Waals surface area contributed by atoms with E-state index in [1.54, 1.807) is 6.08 Å². The van der Waals surface area contributed by atoms with E-state index in [1.807, 2.05) is 6.92 Å². The van der Waals surface area contributed by atoms with Crippen LogP contribution in [0, 0.1) is 5.92 Å². The molecule has 0 aromatic rings. The molecule has 0 aliphatic heterocycles. The number of hydrogen-bond acceptors (Lipinski definition) is 2. The Kier molecular flexibility index (Phi) is 3.48. The summed E-state index contributed by atoms with van der Waals surface area (Å²) in [6, 6.07) is 0.277. The van der Waals surface area contributed by atoms with Crippen LogP contribution in [-0.4, -0.2) is 18.0 Å². The molecule has 0 heterocycles. The third-order valence-corrected chi connectivity index (χ3v) is 2.57. The normalized spacial score (nSPS) is 29.7. The number of rotatable bonds is 3. The fraction of sp³-hybridized carbons (Fsp3) is 0.700. The number of hydrogen-bond donors (Lipinski definition) is 2. The fourth-order valence-corrected chi connectivity index (χ4v) is 1.66. The Bertz CT molecular complexity index is 203. The summed E-state index contributed by atoms with van der Waals surface area (Å²) in [6.07, 6.45) is 4.46. The third kappa shape index (κ3) is 2.84. The van der Waals surface area contributed by atoms with Gasteiger partial charge in [-0.05, 0) is 26.2 Å². The van der Waals surface area contributed by atoms with Crippen LogP contribution in [0.1, 0.15) is 26.2 Å². The van der Waals surface area contributed by atoms with E-state index in [-0.39, 0.29) is 23.9 Å². The molecule has 3 atom stereocenters. The highest BCUT2D eigenvalue weighted by Gasteiger charge is 2.27. The molecule has 1 fully saturated rings. The lowest BCUT2D eigenvalue weighted by Crippen LogP contribution is -2.35. The molecule has 13 heavy (non-hydrogen) atoms. The Balaban J connectivity index is 2.35. The lowest BCUT2D eigenvalue weighted by atomic mass is 10.1. The second-order valence-electron chi connectivity index (χ2n) is 3.80. The SMILES string of the molecule is C=CC(C)NC(=O)C1CCC(N)C1. The second-order valence-corrected chi connectivity index (χ2v) is 3.80. The Morgan fingerprint density at radius 1 is 1.69 bits per heavy atom. The molecule has 0 saturated heterocycles. The maximum Gasteiger partial charge on any atom is 0.223 e. The summed E-state index contributed by atoms with van der Waals surface area (Å²) in [6.45, 7) is 5.53. The van der Waals surface area contributed by atoms with Crippen molar-refractivity contribution in [2.24, 2.45) is 11.7 Å². The van der Waals surface area contributed by atoms with Gasteiger partial charge in [-0.1, -0.05) is 6.08 Å². The van der Waals surface area contributed by atoms with Crippen molar-refractivity contribution in [2.75, 3.05) is 0 Å². The van der Waals surface area contributed by atoms with E-state index in [0.717, 1.165) is 19.3 Å². The molecule has 0 radical (unpaired) electrons. The highest BCUT2D eigenvalue weighted by molar-refractivity contribution is 5.79. The standard InChI is InChI=1S/C10H18N2O/c1-3-7(2)12-10(13)8-4-5-9(11)6-8/h3,7-9H,1,4-6,11H2,2H3,(H,12,13). The van der Waals surface area contributed by atoms with Gasteiger partial charge in [0.25, 0.3) is 0 Å². The summed E-state index contributed by atoms with van der Waals surface area (Å²) in [5, 5.41) is 2.88. The van der Waals surface area contributed by atoms with E-state index in [9.17, 15) is 4.79 Å². The van der Waals surface area contributed by atoms with Gasteiger partial charge in [0.2, 0.25) is 5.91 Å². The molecule has 1 saturated carbocycles. The molecule has 0 spiro atoms. The molecule has 3 nitrogen and oxygen atoms in total. The van der Waals surface area contributed by atoms with E-state index >= 15 is 0 Å². The van der Waals surface area contributed by atoms with E-state index in [2.05, 4.69) is 11.9 Å². The van der Waals surface area contributed by atoms with Gasteiger partial charge >= 0.3 is 0 Å². The minimum atomic E-state index is 0.0596. The van der Waals surface area contributed by atoms with Gasteiger partial charge in [-0.3, -0.25) is 4.79 Å². The molecular formula is C10H18N2O. The van der Waals surface area contributed by atoms with E-state index in [0.29, 0.717) is 0 Å². The van der Waals surface area contributed by atoms with Gasteiger partial charge in [0.05, 0.1) is 0 Å². The lowest BCUT2D eigenvalue weighted by molar-refractivity contribution is -0.125. The zero-order valence-corrected chi connectivity index (χ0v) is 8.12. The zero-order valence-electron chi connectivity index (χ0n) is 8.12. The van der Waals surface area contributed by atoms with Gasteiger partial charge in [0.1, 0.15) is 0 Å². The van der Waals surface area contributed by atoms with Crippen molar-refractivity contribution in [3.8, 4) is 0 Å². The summed E-state index contributed by atoms with van der Waals surface area (Å²) in [5.41, 5.74) is 5.73. The van der Waals surface area contributed by atoms with Crippen LogP contribution in [0.5, 0.6) is 0 Å². The highest BCUT2D eigenvalue weighted by Crippen LogP contribution is 2.24. The van der Waals surface area contributed by atoms with Crippen LogP contribution in [0.15, 0.2) is 12.7 Å². The first kappa shape index (κ1) is 10.3. The Morgan fingerprint density at radius 3 is 2.85 bits per heavy atom. The van der Waals surface area contributed by atoms with Crippen LogP contribution in [0.2, 0.25) is 0 Å². The van der Waals surface area contributed by atoms with Crippen LogP contribution in [0.3, 0.4) is 0 Å². The first-order valence-corrected chi connectivity index (χ1v) is 4.82. The Hall–Kier alpha value is -0.830. The largest absolute Gasteiger partial charge is 0.350 e. The molecule has 3 N–H and O–H groups in total. The zero-order chi connectivity index (χ0) is 9.84. The van der Waals surface area contributed by atoms with E-state index < -0.39 is 0 Å². The Labute approximate surface area is 79.4 Å². The second kappa shape index (κ2) is 4.42. The van der Waals surface area contributed by atoms with Crippen molar-refractivity contribution in [3.63, 3.8) is 0 Å². The molecule has 1 aliphatic carbocycles. The van der Waals surface area contributed by atoms with Crippen LogP contribution in [-0.2, 0) is 4.79 Å². The quantitative estimate of drug-likeness (QED) is 0.634. The maximum absolute atomic E-state index is 11.5. The average molecular weight is 182 g/mol. The van der Waals surface area contributed by atoms with Crippen molar-refractivity contribution in [1.29, 1.82) is 0 Å². The fourth-order valence-electron chi connectivity index (χ4n) is 1.66. The van der Waals surface area contributed by atoms with E-state index in [4.69, 9.17) is 5.73 Å². The van der Waals surface area contributed by atoms with Gasteiger partial charge in [-0.15, -0.1) is 6.58 Å². The monoisotopic (exact) mass is 182 g/mol. The number of nitrogens with two attached hydrogens (primary N) is 1. The predicted molar refractivity (Wildman–Crippen MR) is 53.1 cm³/mol. The molecular weight excluding hydrogens is 164 g/mol. The summed E-state index contributed by atoms with van der Waals surface area (Å²) < 4.78 is 0. The summed E-state index contributed by atoms with van der Waals surface area (Å²) >= 11 is 0. The van der Waals surface area contributed by atoms with Crippen LogP contribution in [0.4, 0.5) is 0 Å². The molecule has 3 heteroatoms. The molecule has 1 rings (SSSR count). The first-order chi connectivity index (χ1) is 6.13. The van der Waals surface area contributed by atoms with Crippen molar-refractivity contribution in [2.45, 2.75) is 38.3 Å². The molecule has 1 aliphatic rings. The summed E-state index contributed by atoms with van der Waals surface area (Å²) in [7, 11) is 0. The maximum atomic E-state index is 11.5. The lowest BCUT2D eigenvalue weighted by Gasteiger charge is -2.13. The summed E-state index contributed by atoms with van der Waals surface area (Å²) in [5.74, 6) is 0.248. The number of nitrogens with one attached hydrogen (secondary N) is 1. The van der Waals surface area contributed by atoms with Crippen LogP contribution < -0.4 is 11.1 Å². The number of amides is 1. The minimum absolute atomic E-state index is 0.0596. The van der Waals surface area contributed by atoms with Gasteiger partial charge < -0.3 is 11.1 Å². The van der Waals surface area contributed by atoms with E-state index in [1.165, 1.54) is 0 Å². The van der Waals surface area contributed by atoms with Crippen molar-refractivity contribution in [1.82, 2.24) is 5.32 Å². The highest BCUT2D eigenvalue weighted by atomic mass is 16.1. The molecule has 1 amide bonds. The van der Waals surface area contributed by atoms with Gasteiger partial charge in [-0.25, -0.2) is 0 Å². The smallest absolute Gasteiger partial charge is 0.223 e. The average Bonchev–Trinajstić information content (AvgIpc) is 2.51. The number of carbonyl (C=O) groups is 1. The van der Waals surface area contributed by atoms with Crippen molar-refractivity contribution >= 4 is 5.91 Å². The van der Waals surface area contributed by atoms with Gasteiger partial charge in [0.15, 0.2) is 0 Å². The topological polar surface area (TPSA) is 55.1 Å². The molecule has 74 valence electrons. The Morgan fingerprint density at radius 2 is 2.38 bits per heavy atom. The van der Waals surface area contributed by atoms with Gasteiger partial charge in [0, 0.05) is 18.0 Å². The van der Waals surface area contributed by atoms with Gasteiger partial charge in [-0.2, -0.15) is 0 Å². The molecule has 0 aromatic heterocycles. The molecule has 0 aromatic carbocycles. The third-order valence-electron chi connectivity index (χ3n) is 2.57. The minimum Gasteiger partial charge on any atom is -0.350 e. The van der Waals surface area contributed by atoms with Crippen molar-refractivity contribution in [3.05, 3.63) is 12.7 Å². The number of carbonyl (C=O) groups excluding carboxylic acids is 1. The molecule has 0 bridgehead atoms.